The summed E-state index contributed by atoms with van der Waals surface area (Å²) >= 11 is 4.63. The Morgan fingerprint density at radius 2 is 1.97 bits per heavy atom. The van der Waals surface area contributed by atoms with E-state index in [0.717, 1.165) is 10.0 Å². The first-order valence-electron chi connectivity index (χ1n) is 9.15. The van der Waals surface area contributed by atoms with E-state index in [4.69, 9.17) is 0 Å². The Bertz CT molecular complexity index is 1100. The third-order valence-corrected chi connectivity index (χ3v) is 6.30. The molecule has 1 heterocycles. The molecule has 0 aliphatic rings. The van der Waals surface area contributed by atoms with Crippen molar-refractivity contribution < 1.29 is 9.18 Å². The second-order valence-corrected chi connectivity index (χ2v) is 8.48. The van der Waals surface area contributed by atoms with E-state index < -0.39 is 0 Å². The van der Waals surface area contributed by atoms with Gasteiger partial charge in [-0.15, -0.1) is 0 Å². The molecule has 8 heteroatoms. The molecular weight excluding hydrogens is 457 g/mol. The van der Waals surface area contributed by atoms with Crippen LogP contribution in [-0.4, -0.2) is 33.2 Å². The van der Waals surface area contributed by atoms with Gasteiger partial charge in [-0.2, -0.15) is 0 Å². The van der Waals surface area contributed by atoms with Gasteiger partial charge in [-0.25, -0.2) is 9.37 Å². The summed E-state index contributed by atoms with van der Waals surface area (Å²) in [6, 6.07) is 11.3. The van der Waals surface area contributed by atoms with Crippen molar-refractivity contribution >= 4 is 44.5 Å². The number of benzene rings is 2. The number of amides is 1. The standard InChI is InChI=1S/C21H21BrFN3O2S/c1-4-26-20(28)17-11-15(22)7-10-18(17)24-21(26)29-12-19(27)25(3)13(2)14-5-8-16(23)9-6-14/h5-11,13H,4,12H2,1-3H3. The summed E-state index contributed by atoms with van der Waals surface area (Å²) in [5.41, 5.74) is 1.33. The Morgan fingerprint density at radius 1 is 1.28 bits per heavy atom. The predicted molar refractivity (Wildman–Crippen MR) is 118 cm³/mol. The van der Waals surface area contributed by atoms with Crippen LogP contribution < -0.4 is 5.56 Å². The molecule has 0 bridgehead atoms. The van der Waals surface area contributed by atoms with Crippen molar-refractivity contribution in [2.75, 3.05) is 12.8 Å². The third-order valence-electron chi connectivity index (χ3n) is 4.85. The van der Waals surface area contributed by atoms with Gasteiger partial charge in [-0.05, 0) is 49.7 Å². The predicted octanol–water partition coefficient (Wildman–Crippen LogP) is 4.63. The van der Waals surface area contributed by atoms with Crippen LogP contribution in [0.3, 0.4) is 0 Å². The highest BCUT2D eigenvalue weighted by Crippen LogP contribution is 2.23. The van der Waals surface area contributed by atoms with Gasteiger partial charge < -0.3 is 4.90 Å². The number of thioether (sulfide) groups is 1. The van der Waals surface area contributed by atoms with Gasteiger partial charge in [-0.1, -0.05) is 39.8 Å². The van der Waals surface area contributed by atoms with E-state index in [1.165, 1.54) is 23.9 Å². The van der Waals surface area contributed by atoms with Crippen molar-refractivity contribution in [2.24, 2.45) is 0 Å². The average molecular weight is 478 g/mol. The first-order chi connectivity index (χ1) is 13.8. The van der Waals surface area contributed by atoms with Gasteiger partial charge in [0.2, 0.25) is 5.91 Å². The maximum atomic E-state index is 13.1. The zero-order valence-electron chi connectivity index (χ0n) is 16.4. The molecule has 5 nitrogen and oxygen atoms in total. The highest BCUT2D eigenvalue weighted by Gasteiger charge is 2.19. The summed E-state index contributed by atoms with van der Waals surface area (Å²) in [6.45, 7) is 4.23. The van der Waals surface area contributed by atoms with Crippen LogP contribution >= 0.6 is 27.7 Å². The van der Waals surface area contributed by atoms with Crippen LogP contribution in [0.5, 0.6) is 0 Å². The molecule has 1 aromatic heterocycles. The normalized spacial score (nSPS) is 12.2. The highest BCUT2D eigenvalue weighted by molar-refractivity contribution is 9.10. The number of fused-ring (bicyclic) bond motifs is 1. The highest BCUT2D eigenvalue weighted by atomic mass is 79.9. The van der Waals surface area contributed by atoms with Crippen molar-refractivity contribution in [1.82, 2.24) is 14.5 Å². The molecular formula is C21H21BrFN3O2S. The molecule has 3 aromatic rings. The van der Waals surface area contributed by atoms with E-state index in [1.807, 2.05) is 19.9 Å². The maximum absolute atomic E-state index is 13.1. The molecule has 1 unspecified atom stereocenters. The first-order valence-corrected chi connectivity index (χ1v) is 10.9. The minimum Gasteiger partial charge on any atom is -0.338 e. The zero-order valence-corrected chi connectivity index (χ0v) is 18.8. The van der Waals surface area contributed by atoms with E-state index in [0.29, 0.717) is 22.6 Å². The summed E-state index contributed by atoms with van der Waals surface area (Å²) in [5.74, 6) is -0.256. The van der Waals surface area contributed by atoms with Gasteiger partial charge >= 0.3 is 0 Å². The summed E-state index contributed by atoms with van der Waals surface area (Å²) in [6.07, 6.45) is 0. The van der Waals surface area contributed by atoms with Crippen molar-refractivity contribution in [3.05, 3.63) is 68.7 Å². The summed E-state index contributed by atoms with van der Waals surface area (Å²) < 4.78 is 15.5. The van der Waals surface area contributed by atoms with Crippen LogP contribution in [-0.2, 0) is 11.3 Å². The Morgan fingerprint density at radius 3 is 2.62 bits per heavy atom. The number of nitrogens with zero attached hydrogens (tertiary/aromatic N) is 3. The minimum atomic E-state index is -0.308. The molecule has 152 valence electrons. The smallest absolute Gasteiger partial charge is 0.262 e. The topological polar surface area (TPSA) is 55.2 Å². The second kappa shape index (κ2) is 9.09. The van der Waals surface area contributed by atoms with Crippen LogP contribution in [0.1, 0.15) is 25.5 Å². The molecule has 0 saturated heterocycles. The zero-order chi connectivity index (χ0) is 21.1. The van der Waals surface area contributed by atoms with Crippen molar-refractivity contribution in [3.8, 4) is 0 Å². The monoisotopic (exact) mass is 477 g/mol. The molecule has 2 aromatic carbocycles. The lowest BCUT2D eigenvalue weighted by atomic mass is 10.1. The van der Waals surface area contributed by atoms with Gasteiger partial charge in [-0.3, -0.25) is 14.2 Å². The molecule has 0 aliphatic heterocycles. The molecule has 0 aliphatic carbocycles. The first kappa shape index (κ1) is 21.5. The molecule has 1 amide bonds. The number of hydrogen-bond donors (Lipinski definition) is 0. The van der Waals surface area contributed by atoms with E-state index in [9.17, 15) is 14.0 Å². The SMILES string of the molecule is CCn1c(SCC(=O)N(C)C(C)c2ccc(F)cc2)nc2ccc(Br)cc2c1=O. The molecule has 29 heavy (non-hydrogen) atoms. The fourth-order valence-corrected chi connectivity index (χ4v) is 4.32. The molecule has 1 atom stereocenters. The quantitative estimate of drug-likeness (QED) is 0.383. The lowest BCUT2D eigenvalue weighted by Crippen LogP contribution is -2.31. The third kappa shape index (κ3) is 4.70. The largest absolute Gasteiger partial charge is 0.338 e. The van der Waals surface area contributed by atoms with E-state index in [2.05, 4.69) is 20.9 Å². The van der Waals surface area contributed by atoms with Crippen molar-refractivity contribution in [2.45, 2.75) is 31.6 Å². The minimum absolute atomic E-state index is 0.0976. The van der Waals surface area contributed by atoms with Gasteiger partial charge in [0.25, 0.3) is 5.56 Å². The fraction of sp³-hybridized carbons (Fsp3) is 0.286. The Labute approximate surface area is 181 Å². The van der Waals surface area contributed by atoms with E-state index in [-0.39, 0.29) is 29.1 Å². The van der Waals surface area contributed by atoms with Gasteiger partial charge in [0.15, 0.2) is 5.16 Å². The Hall–Kier alpha value is -2.19. The molecule has 0 fully saturated rings. The van der Waals surface area contributed by atoms with Gasteiger partial charge in [0.1, 0.15) is 5.82 Å². The van der Waals surface area contributed by atoms with Crippen molar-refractivity contribution in [1.29, 1.82) is 0 Å². The maximum Gasteiger partial charge on any atom is 0.262 e. The summed E-state index contributed by atoms with van der Waals surface area (Å²) in [7, 11) is 1.72. The fourth-order valence-electron chi connectivity index (χ4n) is 2.97. The Balaban J connectivity index is 1.78. The van der Waals surface area contributed by atoms with Crippen molar-refractivity contribution in [3.63, 3.8) is 0 Å². The van der Waals surface area contributed by atoms with Crippen LogP contribution in [0.2, 0.25) is 0 Å². The number of carbonyl (C=O) groups excluding carboxylic acids is 1. The van der Waals surface area contributed by atoms with Gasteiger partial charge in [0, 0.05) is 18.1 Å². The molecule has 0 spiro atoms. The lowest BCUT2D eigenvalue weighted by Gasteiger charge is -2.25. The van der Waals surface area contributed by atoms with Crippen LogP contribution in [0.15, 0.2) is 56.9 Å². The number of carbonyl (C=O) groups is 1. The molecule has 0 N–H and O–H groups in total. The summed E-state index contributed by atoms with van der Waals surface area (Å²) in [5, 5.41) is 1.06. The number of aromatic nitrogens is 2. The Kier molecular flexibility index (Phi) is 6.74. The van der Waals surface area contributed by atoms with E-state index >= 15 is 0 Å². The van der Waals surface area contributed by atoms with Crippen LogP contribution in [0.4, 0.5) is 4.39 Å². The average Bonchev–Trinajstić information content (AvgIpc) is 2.72. The van der Waals surface area contributed by atoms with Crippen LogP contribution in [0.25, 0.3) is 10.9 Å². The number of hydrogen-bond acceptors (Lipinski definition) is 4. The van der Waals surface area contributed by atoms with Crippen LogP contribution in [0, 0.1) is 5.82 Å². The molecule has 0 saturated carbocycles. The number of rotatable bonds is 6. The van der Waals surface area contributed by atoms with E-state index in [1.54, 1.807) is 40.8 Å². The molecule has 3 rings (SSSR count). The number of halogens is 2. The second-order valence-electron chi connectivity index (χ2n) is 6.63. The van der Waals surface area contributed by atoms with Gasteiger partial charge in [0.05, 0.1) is 22.7 Å². The summed E-state index contributed by atoms with van der Waals surface area (Å²) in [4.78, 5) is 31.7. The molecule has 0 radical (unpaired) electrons. The lowest BCUT2D eigenvalue weighted by molar-refractivity contribution is -0.128.